The van der Waals surface area contributed by atoms with Crippen molar-refractivity contribution in [1.82, 2.24) is 10.6 Å². The van der Waals surface area contributed by atoms with Crippen molar-refractivity contribution in [3.05, 3.63) is 0 Å². The van der Waals surface area contributed by atoms with Crippen LogP contribution in [0.15, 0.2) is 0 Å². The van der Waals surface area contributed by atoms with Gasteiger partial charge in [0.2, 0.25) is 0 Å². The molecule has 0 aromatic heterocycles. The molecule has 2 nitrogen and oxygen atoms in total. The summed E-state index contributed by atoms with van der Waals surface area (Å²) in [5, 5.41) is 6.90. The van der Waals surface area contributed by atoms with Crippen LogP contribution in [0.25, 0.3) is 0 Å². The van der Waals surface area contributed by atoms with Crippen LogP contribution in [0.1, 0.15) is 26.7 Å². The lowest BCUT2D eigenvalue weighted by Gasteiger charge is -2.33. The van der Waals surface area contributed by atoms with E-state index < -0.39 is 0 Å². The first-order chi connectivity index (χ1) is 5.75. The summed E-state index contributed by atoms with van der Waals surface area (Å²) in [6.07, 6.45) is 2.73. The van der Waals surface area contributed by atoms with E-state index in [2.05, 4.69) is 31.5 Å². The Labute approximate surface area is 76.1 Å². The zero-order valence-corrected chi connectivity index (χ0v) is 8.56. The van der Waals surface area contributed by atoms with Crippen LogP contribution in [0.2, 0.25) is 0 Å². The summed E-state index contributed by atoms with van der Waals surface area (Å²) < 4.78 is 0. The third kappa shape index (κ3) is 2.46. The minimum Gasteiger partial charge on any atom is -0.316 e. The lowest BCUT2D eigenvalue weighted by Crippen LogP contribution is -2.45. The molecule has 1 rings (SSSR count). The Balaban J connectivity index is 2.40. The standard InChI is InChI=1S/C10H22N2/c1-8(2)10(11-3)9-5-4-6-12-7-9/h8-12H,4-7H2,1-3H3/t9-,10+/m0/s1. The van der Waals surface area contributed by atoms with Crippen LogP contribution in [0, 0.1) is 11.8 Å². The van der Waals surface area contributed by atoms with Gasteiger partial charge in [0, 0.05) is 6.04 Å². The predicted molar refractivity (Wildman–Crippen MR) is 53.3 cm³/mol. The largest absolute Gasteiger partial charge is 0.316 e. The molecule has 0 aliphatic carbocycles. The molecule has 2 N–H and O–H groups in total. The molecule has 72 valence electrons. The minimum absolute atomic E-state index is 0.692. The van der Waals surface area contributed by atoms with Crippen molar-refractivity contribution in [1.29, 1.82) is 0 Å². The topological polar surface area (TPSA) is 24.1 Å². The number of piperidine rings is 1. The fourth-order valence-corrected chi connectivity index (χ4v) is 2.30. The van der Waals surface area contributed by atoms with Gasteiger partial charge in [-0.05, 0) is 44.8 Å². The fraction of sp³-hybridized carbons (Fsp3) is 1.00. The fourth-order valence-electron chi connectivity index (χ4n) is 2.30. The molecule has 0 unspecified atom stereocenters. The molecule has 1 fully saturated rings. The van der Waals surface area contributed by atoms with Crippen molar-refractivity contribution < 1.29 is 0 Å². The second-order valence-corrected chi connectivity index (χ2v) is 4.16. The molecule has 0 aromatic rings. The lowest BCUT2D eigenvalue weighted by molar-refractivity contribution is 0.246. The molecular weight excluding hydrogens is 148 g/mol. The van der Waals surface area contributed by atoms with E-state index in [-0.39, 0.29) is 0 Å². The average molecular weight is 170 g/mol. The number of hydrogen-bond donors (Lipinski definition) is 2. The van der Waals surface area contributed by atoms with Gasteiger partial charge in [-0.25, -0.2) is 0 Å². The van der Waals surface area contributed by atoms with Crippen LogP contribution >= 0.6 is 0 Å². The summed E-state index contributed by atoms with van der Waals surface area (Å²) in [6, 6.07) is 0.692. The summed E-state index contributed by atoms with van der Waals surface area (Å²) in [4.78, 5) is 0. The molecular formula is C10H22N2. The van der Waals surface area contributed by atoms with Crippen molar-refractivity contribution in [2.75, 3.05) is 20.1 Å². The van der Waals surface area contributed by atoms with Crippen molar-refractivity contribution >= 4 is 0 Å². The van der Waals surface area contributed by atoms with Crippen LogP contribution in [-0.2, 0) is 0 Å². The first kappa shape index (κ1) is 10.0. The molecule has 1 heterocycles. The molecule has 0 saturated carbocycles. The Morgan fingerprint density at radius 3 is 2.58 bits per heavy atom. The van der Waals surface area contributed by atoms with Crippen molar-refractivity contribution in [2.24, 2.45) is 11.8 Å². The molecule has 2 atom stereocenters. The molecule has 1 saturated heterocycles. The van der Waals surface area contributed by atoms with Gasteiger partial charge in [0.15, 0.2) is 0 Å². The van der Waals surface area contributed by atoms with Crippen molar-refractivity contribution in [2.45, 2.75) is 32.7 Å². The zero-order valence-electron chi connectivity index (χ0n) is 8.56. The van der Waals surface area contributed by atoms with Gasteiger partial charge in [0.05, 0.1) is 0 Å². The van der Waals surface area contributed by atoms with Crippen LogP contribution < -0.4 is 10.6 Å². The molecule has 0 spiro atoms. The molecule has 12 heavy (non-hydrogen) atoms. The Morgan fingerprint density at radius 1 is 1.42 bits per heavy atom. The zero-order chi connectivity index (χ0) is 8.97. The van der Waals surface area contributed by atoms with E-state index in [0.717, 1.165) is 11.8 Å². The molecule has 0 radical (unpaired) electrons. The quantitative estimate of drug-likeness (QED) is 0.665. The van der Waals surface area contributed by atoms with Gasteiger partial charge in [-0.1, -0.05) is 13.8 Å². The van der Waals surface area contributed by atoms with E-state index in [9.17, 15) is 0 Å². The number of rotatable bonds is 3. The molecule has 0 amide bonds. The van der Waals surface area contributed by atoms with Crippen molar-refractivity contribution in [3.63, 3.8) is 0 Å². The molecule has 2 heteroatoms. The van der Waals surface area contributed by atoms with Gasteiger partial charge in [0.25, 0.3) is 0 Å². The highest BCUT2D eigenvalue weighted by Gasteiger charge is 2.24. The summed E-state index contributed by atoms with van der Waals surface area (Å²) in [7, 11) is 2.08. The Bertz CT molecular complexity index is 117. The normalized spacial score (nSPS) is 27.5. The van der Waals surface area contributed by atoms with Crippen molar-refractivity contribution in [3.8, 4) is 0 Å². The third-order valence-electron chi connectivity index (χ3n) is 2.89. The summed E-state index contributed by atoms with van der Waals surface area (Å²) in [6.45, 7) is 7.01. The molecule has 1 aliphatic heterocycles. The van der Waals surface area contributed by atoms with Gasteiger partial charge < -0.3 is 10.6 Å². The van der Waals surface area contributed by atoms with E-state index in [1.807, 2.05) is 0 Å². The van der Waals surface area contributed by atoms with Gasteiger partial charge in [-0.15, -0.1) is 0 Å². The second kappa shape index (κ2) is 4.83. The van der Waals surface area contributed by atoms with E-state index in [4.69, 9.17) is 0 Å². The second-order valence-electron chi connectivity index (χ2n) is 4.16. The molecule has 0 bridgehead atoms. The molecule has 1 aliphatic rings. The van der Waals surface area contributed by atoms with Gasteiger partial charge in [0.1, 0.15) is 0 Å². The van der Waals surface area contributed by atoms with Crippen LogP contribution in [-0.4, -0.2) is 26.2 Å². The lowest BCUT2D eigenvalue weighted by atomic mass is 9.85. The van der Waals surface area contributed by atoms with Crippen LogP contribution in [0.4, 0.5) is 0 Å². The SMILES string of the molecule is CN[C@H](C(C)C)[C@H]1CCCNC1. The Kier molecular flexibility index (Phi) is 4.02. The van der Waals surface area contributed by atoms with Crippen LogP contribution in [0.5, 0.6) is 0 Å². The Hall–Kier alpha value is -0.0800. The minimum atomic E-state index is 0.692. The monoisotopic (exact) mass is 170 g/mol. The van der Waals surface area contributed by atoms with Gasteiger partial charge >= 0.3 is 0 Å². The maximum Gasteiger partial charge on any atom is 0.0127 e. The first-order valence-electron chi connectivity index (χ1n) is 5.13. The number of hydrogen-bond acceptors (Lipinski definition) is 2. The Morgan fingerprint density at radius 2 is 2.17 bits per heavy atom. The van der Waals surface area contributed by atoms with Gasteiger partial charge in [-0.3, -0.25) is 0 Å². The van der Waals surface area contributed by atoms with Gasteiger partial charge in [-0.2, -0.15) is 0 Å². The highest BCUT2D eigenvalue weighted by molar-refractivity contribution is 4.82. The van der Waals surface area contributed by atoms with E-state index >= 15 is 0 Å². The smallest absolute Gasteiger partial charge is 0.0127 e. The van der Waals surface area contributed by atoms with Crippen LogP contribution in [0.3, 0.4) is 0 Å². The van der Waals surface area contributed by atoms with E-state index in [0.29, 0.717) is 6.04 Å². The maximum absolute atomic E-state index is 3.46. The highest BCUT2D eigenvalue weighted by Crippen LogP contribution is 2.19. The summed E-state index contributed by atoms with van der Waals surface area (Å²) in [5.74, 6) is 1.59. The number of nitrogens with one attached hydrogen (secondary N) is 2. The van der Waals surface area contributed by atoms with E-state index in [1.165, 1.54) is 25.9 Å². The summed E-state index contributed by atoms with van der Waals surface area (Å²) >= 11 is 0. The third-order valence-corrected chi connectivity index (χ3v) is 2.89. The van der Waals surface area contributed by atoms with E-state index in [1.54, 1.807) is 0 Å². The maximum atomic E-state index is 3.46. The molecule has 0 aromatic carbocycles. The average Bonchev–Trinajstić information content (AvgIpc) is 2.07. The first-order valence-corrected chi connectivity index (χ1v) is 5.13. The highest BCUT2D eigenvalue weighted by atomic mass is 14.9. The summed E-state index contributed by atoms with van der Waals surface area (Å²) in [5.41, 5.74) is 0. The predicted octanol–water partition coefficient (Wildman–Crippen LogP) is 1.23.